The van der Waals surface area contributed by atoms with Gasteiger partial charge in [0.25, 0.3) is 0 Å². The van der Waals surface area contributed by atoms with Gasteiger partial charge < -0.3 is 0 Å². The van der Waals surface area contributed by atoms with Crippen molar-refractivity contribution in [2.75, 3.05) is 0 Å². The van der Waals surface area contributed by atoms with Crippen LogP contribution in [0.2, 0.25) is 0 Å². The summed E-state index contributed by atoms with van der Waals surface area (Å²) in [4.78, 5) is 11.3. The first-order valence-electron chi connectivity index (χ1n) is 3.39. The van der Waals surface area contributed by atoms with Crippen molar-refractivity contribution in [2.24, 2.45) is 7.05 Å². The summed E-state index contributed by atoms with van der Waals surface area (Å²) in [5.41, 5.74) is 0.579. The summed E-state index contributed by atoms with van der Waals surface area (Å²) in [6.45, 7) is 0. The Morgan fingerprint density at radius 2 is 2.33 bits per heavy atom. The molecule has 0 aromatic carbocycles. The second kappa shape index (κ2) is 2.58. The Morgan fingerprint density at radius 1 is 1.58 bits per heavy atom. The average Bonchev–Trinajstić information content (AvgIpc) is 2.28. The van der Waals surface area contributed by atoms with Crippen molar-refractivity contribution in [3.8, 4) is 0 Å². The van der Waals surface area contributed by atoms with Crippen LogP contribution >= 0.6 is 22.6 Å². The summed E-state index contributed by atoms with van der Waals surface area (Å²) < 4.78 is 3.92. The molecule has 0 N–H and O–H groups in total. The van der Waals surface area contributed by atoms with Gasteiger partial charge in [0.05, 0.1) is 0 Å². The molecule has 2 aromatic rings. The van der Waals surface area contributed by atoms with Gasteiger partial charge in [0.2, 0.25) is 0 Å². The van der Waals surface area contributed by atoms with E-state index in [2.05, 4.69) is 27.7 Å². The zero-order valence-corrected chi connectivity index (χ0v) is 8.52. The van der Waals surface area contributed by atoms with Crippen LogP contribution in [-0.2, 0) is 7.05 Å². The molecule has 0 fully saturated rings. The van der Waals surface area contributed by atoms with Crippen LogP contribution in [0.15, 0.2) is 23.1 Å². The van der Waals surface area contributed by atoms with Crippen molar-refractivity contribution in [2.45, 2.75) is 0 Å². The van der Waals surface area contributed by atoms with Crippen LogP contribution in [-0.4, -0.2) is 14.2 Å². The molecule has 0 saturated carbocycles. The number of aryl methyl sites for hydroxylation is 1. The van der Waals surface area contributed by atoms with Crippen LogP contribution in [0.3, 0.4) is 0 Å². The number of nitrogens with zero attached hydrogens (tertiary/aromatic N) is 3. The second-order valence-electron chi connectivity index (χ2n) is 2.48. The summed E-state index contributed by atoms with van der Waals surface area (Å²) in [5, 5.41) is 4.04. The van der Waals surface area contributed by atoms with Crippen LogP contribution in [0.1, 0.15) is 0 Å². The summed E-state index contributed by atoms with van der Waals surface area (Å²) in [6.07, 6.45) is 1.73. The molecule has 0 amide bonds. The number of hydrogen-bond acceptors (Lipinski definition) is 2. The lowest BCUT2D eigenvalue weighted by molar-refractivity contribution is 0.733. The fraction of sp³-hybridized carbons (Fsp3) is 0.143. The summed E-state index contributed by atoms with van der Waals surface area (Å²) in [6, 6.07) is 3.73. The first-order chi connectivity index (χ1) is 5.68. The molecule has 0 bridgehead atoms. The highest BCUT2D eigenvalue weighted by atomic mass is 127. The van der Waals surface area contributed by atoms with Gasteiger partial charge in [-0.25, -0.2) is 9.48 Å². The van der Waals surface area contributed by atoms with E-state index >= 15 is 0 Å². The highest BCUT2D eigenvalue weighted by molar-refractivity contribution is 14.1. The molecule has 0 saturated heterocycles. The molecule has 2 rings (SSSR count). The number of pyridine rings is 1. The molecule has 5 heteroatoms. The Balaban J connectivity index is 2.97. The number of halogens is 1. The molecule has 0 spiro atoms. The van der Waals surface area contributed by atoms with Gasteiger partial charge in [0.1, 0.15) is 0 Å². The molecule has 2 aromatic heterocycles. The van der Waals surface area contributed by atoms with Gasteiger partial charge in [-0.3, -0.25) is 4.40 Å². The fourth-order valence-electron chi connectivity index (χ4n) is 1.05. The lowest BCUT2D eigenvalue weighted by Gasteiger charge is -1.89. The minimum absolute atomic E-state index is 0.110. The van der Waals surface area contributed by atoms with Gasteiger partial charge in [-0.15, -0.1) is 0 Å². The molecular weight excluding hydrogens is 269 g/mol. The molecule has 0 atom stereocenters. The molecular formula is C7H6IN3O. The maximum absolute atomic E-state index is 11.3. The van der Waals surface area contributed by atoms with Gasteiger partial charge in [-0.05, 0) is 34.7 Å². The van der Waals surface area contributed by atoms with Crippen LogP contribution in [0.4, 0.5) is 0 Å². The van der Waals surface area contributed by atoms with Crippen molar-refractivity contribution in [3.63, 3.8) is 0 Å². The third-order valence-corrected chi connectivity index (χ3v) is 2.30. The quantitative estimate of drug-likeness (QED) is 0.662. The number of hydrogen-bond donors (Lipinski definition) is 0. The summed E-state index contributed by atoms with van der Waals surface area (Å²) in [5.74, 6) is 0. The Hall–Kier alpha value is -0.850. The maximum atomic E-state index is 11.3. The van der Waals surface area contributed by atoms with Crippen molar-refractivity contribution in [1.82, 2.24) is 14.2 Å². The van der Waals surface area contributed by atoms with E-state index in [0.29, 0.717) is 5.65 Å². The third kappa shape index (κ3) is 1.04. The molecule has 0 unspecified atom stereocenters. The topological polar surface area (TPSA) is 39.3 Å². The van der Waals surface area contributed by atoms with E-state index in [1.54, 1.807) is 13.2 Å². The lowest BCUT2D eigenvalue weighted by atomic mass is 10.5. The molecule has 2 heterocycles. The minimum Gasteiger partial charge on any atom is -0.250 e. The Morgan fingerprint density at radius 3 is 3.08 bits per heavy atom. The van der Waals surface area contributed by atoms with E-state index < -0.39 is 0 Å². The van der Waals surface area contributed by atoms with Crippen LogP contribution in [0, 0.1) is 3.57 Å². The van der Waals surface area contributed by atoms with Gasteiger partial charge in [0, 0.05) is 16.8 Å². The normalized spacial score (nSPS) is 10.8. The van der Waals surface area contributed by atoms with Gasteiger partial charge in [-0.1, -0.05) is 0 Å². The SMILES string of the molecule is Cn1nc2cc(I)ccn2c1=O. The standard InChI is InChI=1S/C7H6IN3O/c1-10-7(12)11-3-2-5(8)4-6(11)9-10/h2-4H,1H3. The highest BCUT2D eigenvalue weighted by Crippen LogP contribution is 2.04. The van der Waals surface area contributed by atoms with E-state index in [1.165, 1.54) is 9.08 Å². The van der Waals surface area contributed by atoms with E-state index in [4.69, 9.17) is 0 Å². The zero-order chi connectivity index (χ0) is 8.72. The predicted octanol–water partition coefficient (Wildman–Crippen LogP) is 0.638. The smallest absolute Gasteiger partial charge is 0.250 e. The predicted molar refractivity (Wildman–Crippen MR) is 53.2 cm³/mol. The molecule has 62 valence electrons. The lowest BCUT2D eigenvalue weighted by Crippen LogP contribution is -2.17. The zero-order valence-electron chi connectivity index (χ0n) is 6.36. The Kier molecular flexibility index (Phi) is 1.67. The Bertz CT molecular complexity index is 485. The first-order valence-corrected chi connectivity index (χ1v) is 4.47. The van der Waals surface area contributed by atoms with E-state index in [0.717, 1.165) is 3.57 Å². The highest BCUT2D eigenvalue weighted by Gasteiger charge is 2.01. The van der Waals surface area contributed by atoms with Gasteiger partial charge in [-0.2, -0.15) is 5.10 Å². The molecule has 0 radical (unpaired) electrons. The molecule has 0 aliphatic heterocycles. The largest absolute Gasteiger partial charge is 0.350 e. The summed E-state index contributed by atoms with van der Waals surface area (Å²) in [7, 11) is 1.64. The third-order valence-electron chi connectivity index (χ3n) is 1.63. The van der Waals surface area contributed by atoms with Crippen molar-refractivity contribution in [1.29, 1.82) is 0 Å². The summed E-state index contributed by atoms with van der Waals surface area (Å²) >= 11 is 2.18. The van der Waals surface area contributed by atoms with Crippen molar-refractivity contribution >= 4 is 28.2 Å². The first kappa shape index (κ1) is 7.78. The van der Waals surface area contributed by atoms with Crippen LogP contribution < -0.4 is 5.69 Å². The van der Waals surface area contributed by atoms with E-state index in [9.17, 15) is 4.79 Å². The average molecular weight is 275 g/mol. The molecule has 4 nitrogen and oxygen atoms in total. The van der Waals surface area contributed by atoms with Crippen molar-refractivity contribution < 1.29 is 0 Å². The molecule has 12 heavy (non-hydrogen) atoms. The van der Waals surface area contributed by atoms with Crippen molar-refractivity contribution in [3.05, 3.63) is 32.4 Å². The monoisotopic (exact) mass is 275 g/mol. The van der Waals surface area contributed by atoms with Crippen LogP contribution in [0.5, 0.6) is 0 Å². The van der Waals surface area contributed by atoms with Gasteiger partial charge >= 0.3 is 5.69 Å². The number of rotatable bonds is 0. The van der Waals surface area contributed by atoms with E-state index in [-0.39, 0.29) is 5.69 Å². The second-order valence-corrected chi connectivity index (χ2v) is 3.72. The van der Waals surface area contributed by atoms with E-state index in [1.807, 2.05) is 12.1 Å². The molecule has 0 aliphatic rings. The minimum atomic E-state index is -0.110. The Labute approximate surface area is 82.0 Å². The van der Waals surface area contributed by atoms with Crippen LogP contribution in [0.25, 0.3) is 5.65 Å². The number of aromatic nitrogens is 3. The number of fused-ring (bicyclic) bond motifs is 1. The van der Waals surface area contributed by atoms with Gasteiger partial charge in [0.15, 0.2) is 5.65 Å². The molecule has 0 aliphatic carbocycles. The fourth-order valence-corrected chi connectivity index (χ4v) is 1.49. The maximum Gasteiger partial charge on any atom is 0.350 e.